The molecule has 3 fully saturated rings. The van der Waals surface area contributed by atoms with Crippen molar-refractivity contribution in [3.05, 3.63) is 0 Å². The quantitative estimate of drug-likeness (QED) is 0.629. The molecule has 0 saturated heterocycles. The van der Waals surface area contributed by atoms with Gasteiger partial charge in [0.2, 0.25) is 0 Å². The summed E-state index contributed by atoms with van der Waals surface area (Å²) in [5, 5.41) is 7.12. The SMILES string of the molecule is COCCNCCNC1C2C3CCC(C3)C12. The standard InChI is InChI=1S/C13H24N2O/c1-16-7-6-14-4-5-15-13-11-9-2-3-10(8-9)12(11)13/h9-15H,2-8H2,1H3. The Bertz CT molecular complexity index is 230. The Morgan fingerprint density at radius 1 is 1.06 bits per heavy atom. The zero-order chi connectivity index (χ0) is 11.0. The third-order valence-corrected chi connectivity index (χ3v) is 4.90. The first-order valence-corrected chi connectivity index (χ1v) is 6.85. The summed E-state index contributed by atoms with van der Waals surface area (Å²) >= 11 is 0. The molecule has 0 aliphatic heterocycles. The van der Waals surface area contributed by atoms with Crippen LogP contribution in [-0.2, 0) is 4.74 Å². The molecule has 92 valence electrons. The molecule has 4 atom stereocenters. The van der Waals surface area contributed by atoms with E-state index in [1.54, 1.807) is 13.5 Å². The number of ether oxygens (including phenoxy) is 1. The molecule has 0 heterocycles. The fraction of sp³-hybridized carbons (Fsp3) is 1.00. The summed E-state index contributed by atoms with van der Waals surface area (Å²) in [7, 11) is 1.75. The molecule has 3 aliphatic rings. The molecule has 2 bridgehead atoms. The van der Waals surface area contributed by atoms with Gasteiger partial charge in [0.15, 0.2) is 0 Å². The van der Waals surface area contributed by atoms with Crippen LogP contribution >= 0.6 is 0 Å². The van der Waals surface area contributed by atoms with Crippen LogP contribution in [0.2, 0.25) is 0 Å². The molecular weight excluding hydrogens is 200 g/mol. The number of hydrogen-bond donors (Lipinski definition) is 2. The van der Waals surface area contributed by atoms with E-state index in [-0.39, 0.29) is 0 Å². The van der Waals surface area contributed by atoms with Crippen molar-refractivity contribution in [2.75, 3.05) is 33.4 Å². The van der Waals surface area contributed by atoms with Crippen molar-refractivity contribution < 1.29 is 4.74 Å². The van der Waals surface area contributed by atoms with Crippen LogP contribution in [0.4, 0.5) is 0 Å². The first-order chi connectivity index (χ1) is 7.92. The summed E-state index contributed by atoms with van der Waals surface area (Å²) in [5.41, 5.74) is 0. The van der Waals surface area contributed by atoms with Gasteiger partial charge < -0.3 is 15.4 Å². The lowest BCUT2D eigenvalue weighted by Gasteiger charge is -2.10. The Hall–Kier alpha value is -0.120. The highest BCUT2D eigenvalue weighted by atomic mass is 16.5. The lowest BCUT2D eigenvalue weighted by atomic mass is 10.0. The summed E-state index contributed by atoms with van der Waals surface area (Å²) in [5.74, 6) is 4.32. The Balaban J connectivity index is 1.28. The van der Waals surface area contributed by atoms with Gasteiger partial charge in [0, 0.05) is 32.8 Å². The van der Waals surface area contributed by atoms with Gasteiger partial charge in [-0.2, -0.15) is 0 Å². The minimum absolute atomic E-state index is 0.818. The van der Waals surface area contributed by atoms with E-state index in [0.29, 0.717) is 0 Å². The van der Waals surface area contributed by atoms with Crippen molar-refractivity contribution in [2.24, 2.45) is 23.7 Å². The third-order valence-electron chi connectivity index (χ3n) is 4.90. The van der Waals surface area contributed by atoms with E-state index in [4.69, 9.17) is 4.74 Å². The lowest BCUT2D eigenvalue weighted by Crippen LogP contribution is -2.32. The van der Waals surface area contributed by atoms with Crippen molar-refractivity contribution >= 4 is 0 Å². The second kappa shape index (κ2) is 4.63. The van der Waals surface area contributed by atoms with Crippen LogP contribution in [0.3, 0.4) is 0 Å². The van der Waals surface area contributed by atoms with Crippen molar-refractivity contribution in [2.45, 2.75) is 25.3 Å². The molecule has 3 heteroatoms. The summed E-state index contributed by atoms with van der Waals surface area (Å²) in [6.45, 7) is 4.00. The highest BCUT2D eigenvalue weighted by Crippen LogP contribution is 2.65. The van der Waals surface area contributed by atoms with Gasteiger partial charge in [-0.15, -0.1) is 0 Å². The van der Waals surface area contributed by atoms with Gasteiger partial charge in [-0.25, -0.2) is 0 Å². The molecule has 3 aliphatic carbocycles. The predicted molar refractivity (Wildman–Crippen MR) is 64.3 cm³/mol. The average Bonchev–Trinajstić information content (AvgIpc) is 2.71. The summed E-state index contributed by atoms with van der Waals surface area (Å²) < 4.78 is 5.00. The van der Waals surface area contributed by atoms with Crippen LogP contribution in [0.15, 0.2) is 0 Å². The number of hydrogen-bond acceptors (Lipinski definition) is 3. The summed E-state index contributed by atoms with van der Waals surface area (Å²) in [6.07, 6.45) is 4.60. The van der Waals surface area contributed by atoms with E-state index in [0.717, 1.165) is 56.0 Å². The van der Waals surface area contributed by atoms with E-state index >= 15 is 0 Å². The van der Waals surface area contributed by atoms with E-state index < -0.39 is 0 Å². The molecule has 4 unspecified atom stereocenters. The molecule has 0 aromatic heterocycles. The van der Waals surface area contributed by atoms with Gasteiger partial charge in [-0.1, -0.05) is 0 Å². The Morgan fingerprint density at radius 3 is 2.50 bits per heavy atom. The molecule has 16 heavy (non-hydrogen) atoms. The predicted octanol–water partition coefficient (Wildman–Crippen LogP) is 0.856. The largest absolute Gasteiger partial charge is 0.383 e. The number of nitrogens with one attached hydrogen (secondary N) is 2. The summed E-state index contributed by atoms with van der Waals surface area (Å²) in [4.78, 5) is 0. The van der Waals surface area contributed by atoms with Gasteiger partial charge in [-0.3, -0.25) is 0 Å². The van der Waals surface area contributed by atoms with Crippen LogP contribution in [0.25, 0.3) is 0 Å². The Kier molecular flexibility index (Phi) is 3.18. The fourth-order valence-corrected chi connectivity index (χ4v) is 4.22. The van der Waals surface area contributed by atoms with Gasteiger partial charge in [-0.05, 0) is 42.9 Å². The Labute approximate surface area is 98.3 Å². The molecule has 2 N–H and O–H groups in total. The fourth-order valence-electron chi connectivity index (χ4n) is 4.22. The van der Waals surface area contributed by atoms with E-state index in [1.807, 2.05) is 0 Å². The van der Waals surface area contributed by atoms with E-state index in [9.17, 15) is 0 Å². The second-order valence-corrected chi connectivity index (χ2v) is 5.71. The molecule has 3 nitrogen and oxygen atoms in total. The lowest BCUT2D eigenvalue weighted by molar-refractivity contribution is 0.199. The van der Waals surface area contributed by atoms with Crippen molar-refractivity contribution in [1.82, 2.24) is 10.6 Å². The van der Waals surface area contributed by atoms with Gasteiger partial charge >= 0.3 is 0 Å². The van der Waals surface area contributed by atoms with E-state index in [1.165, 1.54) is 12.8 Å². The maximum atomic E-state index is 5.00. The minimum atomic E-state index is 0.818. The second-order valence-electron chi connectivity index (χ2n) is 5.71. The smallest absolute Gasteiger partial charge is 0.0587 e. The minimum Gasteiger partial charge on any atom is -0.383 e. The molecular formula is C13H24N2O. The van der Waals surface area contributed by atoms with Crippen LogP contribution in [0.1, 0.15) is 19.3 Å². The first kappa shape index (κ1) is 11.0. The van der Waals surface area contributed by atoms with Gasteiger partial charge in [0.05, 0.1) is 6.61 Å². The van der Waals surface area contributed by atoms with Crippen LogP contribution in [0.5, 0.6) is 0 Å². The monoisotopic (exact) mass is 224 g/mol. The molecule has 0 aromatic carbocycles. The molecule has 3 saturated carbocycles. The molecule has 0 spiro atoms. The number of fused-ring (bicyclic) bond motifs is 5. The maximum absolute atomic E-state index is 5.00. The van der Waals surface area contributed by atoms with Crippen molar-refractivity contribution in [1.29, 1.82) is 0 Å². The summed E-state index contributed by atoms with van der Waals surface area (Å²) in [6, 6.07) is 0.885. The van der Waals surface area contributed by atoms with Crippen LogP contribution in [-0.4, -0.2) is 39.4 Å². The first-order valence-electron chi connectivity index (χ1n) is 6.85. The normalized spacial score (nSPS) is 43.7. The highest BCUT2D eigenvalue weighted by molar-refractivity contribution is 5.16. The molecule has 0 radical (unpaired) electrons. The topological polar surface area (TPSA) is 33.3 Å². The third kappa shape index (κ3) is 1.89. The molecule has 0 amide bonds. The Morgan fingerprint density at radius 2 is 1.81 bits per heavy atom. The molecule has 3 rings (SSSR count). The maximum Gasteiger partial charge on any atom is 0.0587 e. The average molecular weight is 224 g/mol. The van der Waals surface area contributed by atoms with Crippen molar-refractivity contribution in [3.63, 3.8) is 0 Å². The van der Waals surface area contributed by atoms with Crippen LogP contribution in [0, 0.1) is 23.7 Å². The number of rotatable bonds is 7. The number of methoxy groups -OCH3 is 1. The zero-order valence-corrected chi connectivity index (χ0v) is 10.2. The van der Waals surface area contributed by atoms with Crippen LogP contribution < -0.4 is 10.6 Å². The highest BCUT2D eigenvalue weighted by Gasteiger charge is 2.64. The van der Waals surface area contributed by atoms with E-state index in [2.05, 4.69) is 10.6 Å². The zero-order valence-electron chi connectivity index (χ0n) is 10.2. The van der Waals surface area contributed by atoms with Crippen molar-refractivity contribution in [3.8, 4) is 0 Å². The van der Waals surface area contributed by atoms with Gasteiger partial charge in [0.1, 0.15) is 0 Å². The van der Waals surface area contributed by atoms with Gasteiger partial charge in [0.25, 0.3) is 0 Å². The molecule has 0 aromatic rings.